The number of aromatic nitrogens is 2. The molecule has 0 aromatic carbocycles. The van der Waals surface area contributed by atoms with E-state index >= 15 is 0 Å². The second kappa shape index (κ2) is 3.71. The zero-order valence-corrected chi connectivity index (χ0v) is 8.66. The van der Waals surface area contributed by atoms with E-state index < -0.39 is 0 Å². The topological polar surface area (TPSA) is 46.1 Å². The molecule has 1 aromatic rings. The fourth-order valence-corrected chi connectivity index (χ4v) is 1.71. The Morgan fingerprint density at radius 3 is 2.71 bits per heavy atom. The van der Waals surface area contributed by atoms with Crippen LogP contribution in [0.25, 0.3) is 0 Å². The summed E-state index contributed by atoms with van der Waals surface area (Å²) in [6.45, 7) is 0.483. The van der Waals surface area contributed by atoms with Crippen molar-refractivity contribution in [3.05, 3.63) is 17.3 Å². The van der Waals surface area contributed by atoms with Crippen molar-refractivity contribution in [3.63, 3.8) is 0 Å². The standard InChI is InChI=1S/C8H7Cl2N3O/c9-5-3-8(14)13(4-5)7-2-1-6(10)11-12-7/h1-2,5H,3-4H2. The Kier molecular flexibility index (Phi) is 2.56. The molecule has 1 aliphatic rings. The van der Waals surface area contributed by atoms with Gasteiger partial charge >= 0.3 is 0 Å². The van der Waals surface area contributed by atoms with E-state index in [4.69, 9.17) is 23.2 Å². The second-order valence-electron chi connectivity index (χ2n) is 3.02. The van der Waals surface area contributed by atoms with Crippen LogP contribution in [0.4, 0.5) is 5.82 Å². The first-order valence-corrected chi connectivity index (χ1v) is 4.92. The summed E-state index contributed by atoms with van der Waals surface area (Å²) in [6.07, 6.45) is 0.353. The van der Waals surface area contributed by atoms with Crippen LogP contribution in [0.2, 0.25) is 5.15 Å². The van der Waals surface area contributed by atoms with Crippen LogP contribution in [0.15, 0.2) is 12.1 Å². The van der Waals surface area contributed by atoms with Crippen molar-refractivity contribution in [1.82, 2.24) is 10.2 Å². The van der Waals surface area contributed by atoms with Gasteiger partial charge in [0.1, 0.15) is 0 Å². The zero-order chi connectivity index (χ0) is 10.1. The molecular weight excluding hydrogens is 225 g/mol. The van der Waals surface area contributed by atoms with Crippen LogP contribution in [0.5, 0.6) is 0 Å². The van der Waals surface area contributed by atoms with Gasteiger partial charge in [-0.2, -0.15) is 0 Å². The quantitative estimate of drug-likeness (QED) is 0.689. The molecule has 1 amide bonds. The number of anilines is 1. The van der Waals surface area contributed by atoms with Crippen LogP contribution in [0.3, 0.4) is 0 Å². The van der Waals surface area contributed by atoms with Gasteiger partial charge in [-0.15, -0.1) is 21.8 Å². The number of hydrogen-bond acceptors (Lipinski definition) is 3. The largest absolute Gasteiger partial charge is 0.294 e. The molecule has 1 unspecified atom stereocenters. The minimum atomic E-state index is -0.139. The highest BCUT2D eigenvalue weighted by molar-refractivity contribution is 6.29. The molecular formula is C8H7Cl2N3O. The average Bonchev–Trinajstić information content (AvgIpc) is 2.47. The number of carbonyl (C=O) groups excluding carboxylic acids is 1. The molecule has 1 aromatic heterocycles. The molecule has 0 N–H and O–H groups in total. The van der Waals surface area contributed by atoms with Crippen LogP contribution in [0, 0.1) is 0 Å². The van der Waals surface area contributed by atoms with Crippen molar-refractivity contribution in [3.8, 4) is 0 Å². The normalized spacial score (nSPS) is 21.7. The Morgan fingerprint density at radius 1 is 1.43 bits per heavy atom. The van der Waals surface area contributed by atoms with Crippen molar-refractivity contribution >= 4 is 34.9 Å². The van der Waals surface area contributed by atoms with E-state index in [1.807, 2.05) is 0 Å². The summed E-state index contributed by atoms with van der Waals surface area (Å²) >= 11 is 11.4. The number of carbonyl (C=O) groups is 1. The lowest BCUT2D eigenvalue weighted by Crippen LogP contribution is -2.25. The summed E-state index contributed by atoms with van der Waals surface area (Å²) in [5, 5.41) is 7.64. The van der Waals surface area contributed by atoms with Crippen molar-refractivity contribution in [1.29, 1.82) is 0 Å². The highest BCUT2D eigenvalue weighted by Crippen LogP contribution is 2.22. The Hall–Kier alpha value is -0.870. The zero-order valence-electron chi connectivity index (χ0n) is 7.15. The first-order chi connectivity index (χ1) is 6.66. The molecule has 2 rings (SSSR count). The Bertz CT molecular complexity index is 354. The molecule has 0 spiro atoms. The van der Waals surface area contributed by atoms with Gasteiger partial charge < -0.3 is 0 Å². The van der Waals surface area contributed by atoms with E-state index in [1.165, 1.54) is 4.90 Å². The maximum Gasteiger partial charge on any atom is 0.229 e. The van der Waals surface area contributed by atoms with E-state index in [-0.39, 0.29) is 11.3 Å². The fourth-order valence-electron chi connectivity index (χ4n) is 1.34. The molecule has 0 radical (unpaired) electrons. The minimum absolute atomic E-state index is 0.0263. The second-order valence-corrected chi connectivity index (χ2v) is 4.02. The maximum atomic E-state index is 11.4. The monoisotopic (exact) mass is 231 g/mol. The number of nitrogens with zero attached hydrogens (tertiary/aromatic N) is 3. The summed E-state index contributed by atoms with van der Waals surface area (Å²) in [4.78, 5) is 12.9. The number of amides is 1. The van der Waals surface area contributed by atoms with E-state index in [9.17, 15) is 4.79 Å². The molecule has 2 heterocycles. The van der Waals surface area contributed by atoms with Gasteiger partial charge in [0.05, 0.1) is 5.38 Å². The lowest BCUT2D eigenvalue weighted by Gasteiger charge is -2.12. The number of hydrogen-bond donors (Lipinski definition) is 0. The van der Waals surface area contributed by atoms with E-state index in [0.717, 1.165) is 0 Å². The van der Waals surface area contributed by atoms with Crippen molar-refractivity contribution in [2.75, 3.05) is 11.4 Å². The summed E-state index contributed by atoms with van der Waals surface area (Å²) in [5.41, 5.74) is 0. The summed E-state index contributed by atoms with van der Waals surface area (Å²) in [6, 6.07) is 3.25. The summed E-state index contributed by atoms with van der Waals surface area (Å²) in [5.74, 6) is 0.476. The van der Waals surface area contributed by atoms with Crippen LogP contribution >= 0.6 is 23.2 Å². The molecule has 0 saturated carbocycles. The minimum Gasteiger partial charge on any atom is -0.294 e. The van der Waals surface area contributed by atoms with E-state index in [2.05, 4.69) is 10.2 Å². The Labute approximate surface area is 90.8 Å². The molecule has 1 fully saturated rings. The number of halogens is 2. The van der Waals surface area contributed by atoms with Gasteiger partial charge in [0, 0.05) is 13.0 Å². The van der Waals surface area contributed by atoms with Gasteiger partial charge in [-0.1, -0.05) is 11.6 Å². The third-order valence-electron chi connectivity index (χ3n) is 1.97. The molecule has 1 atom stereocenters. The van der Waals surface area contributed by atoms with Crippen molar-refractivity contribution in [2.24, 2.45) is 0 Å². The van der Waals surface area contributed by atoms with Gasteiger partial charge in [0.2, 0.25) is 5.91 Å². The molecule has 74 valence electrons. The predicted octanol–water partition coefficient (Wildman–Crippen LogP) is 1.47. The summed E-state index contributed by atoms with van der Waals surface area (Å²) in [7, 11) is 0. The molecule has 0 aliphatic carbocycles. The third kappa shape index (κ3) is 1.81. The third-order valence-corrected chi connectivity index (χ3v) is 2.47. The number of alkyl halides is 1. The van der Waals surface area contributed by atoms with Crippen LogP contribution in [-0.4, -0.2) is 28.0 Å². The van der Waals surface area contributed by atoms with Crippen LogP contribution in [0.1, 0.15) is 6.42 Å². The van der Waals surface area contributed by atoms with Gasteiger partial charge in [0.25, 0.3) is 0 Å². The Morgan fingerprint density at radius 2 is 2.21 bits per heavy atom. The SMILES string of the molecule is O=C1CC(Cl)CN1c1ccc(Cl)nn1. The summed E-state index contributed by atoms with van der Waals surface area (Å²) < 4.78 is 0. The van der Waals surface area contributed by atoms with Crippen LogP contribution in [-0.2, 0) is 4.79 Å². The van der Waals surface area contributed by atoms with Gasteiger partial charge in [-0.05, 0) is 12.1 Å². The first kappa shape index (κ1) is 9.68. The van der Waals surface area contributed by atoms with Gasteiger partial charge in [0.15, 0.2) is 11.0 Å². The molecule has 4 nitrogen and oxygen atoms in total. The highest BCUT2D eigenvalue weighted by Gasteiger charge is 2.29. The highest BCUT2D eigenvalue weighted by atomic mass is 35.5. The smallest absolute Gasteiger partial charge is 0.229 e. The average molecular weight is 232 g/mol. The molecule has 6 heteroatoms. The van der Waals surface area contributed by atoms with E-state index in [1.54, 1.807) is 12.1 Å². The fraction of sp³-hybridized carbons (Fsp3) is 0.375. The molecule has 14 heavy (non-hydrogen) atoms. The number of rotatable bonds is 1. The van der Waals surface area contributed by atoms with Gasteiger partial charge in [-0.3, -0.25) is 9.69 Å². The van der Waals surface area contributed by atoms with Crippen molar-refractivity contribution < 1.29 is 4.79 Å². The molecule has 1 saturated heterocycles. The van der Waals surface area contributed by atoms with Crippen molar-refractivity contribution in [2.45, 2.75) is 11.8 Å². The first-order valence-electron chi connectivity index (χ1n) is 4.10. The van der Waals surface area contributed by atoms with Crippen LogP contribution < -0.4 is 4.90 Å². The predicted molar refractivity (Wildman–Crippen MR) is 53.7 cm³/mol. The Balaban J connectivity index is 2.23. The van der Waals surface area contributed by atoms with Gasteiger partial charge in [-0.25, -0.2) is 0 Å². The molecule has 1 aliphatic heterocycles. The molecule has 0 bridgehead atoms. The lowest BCUT2D eigenvalue weighted by atomic mass is 10.4. The maximum absolute atomic E-state index is 11.4. The van der Waals surface area contributed by atoms with E-state index in [0.29, 0.717) is 23.9 Å². The lowest BCUT2D eigenvalue weighted by molar-refractivity contribution is -0.117.